The number of hydrogen-bond acceptors (Lipinski definition) is 1. The molecule has 0 aliphatic carbocycles. The van der Waals surface area contributed by atoms with Crippen molar-refractivity contribution in [2.45, 2.75) is 32.6 Å². The van der Waals surface area contributed by atoms with Gasteiger partial charge in [0.1, 0.15) is 0 Å². The van der Waals surface area contributed by atoms with Crippen LogP contribution in [0.25, 0.3) is 41.7 Å². The van der Waals surface area contributed by atoms with Gasteiger partial charge in [0.05, 0.1) is 0 Å². The van der Waals surface area contributed by atoms with E-state index in [2.05, 4.69) is 73.7 Å². The number of benzene rings is 4. The van der Waals surface area contributed by atoms with Gasteiger partial charge in [0, 0.05) is 20.2 Å². The van der Waals surface area contributed by atoms with Crippen LogP contribution in [0, 0.1) is 0 Å². The van der Waals surface area contributed by atoms with Crippen LogP contribution < -0.4 is 0 Å². The number of hydrogen-bond donors (Lipinski definition) is 0. The van der Waals surface area contributed by atoms with Crippen molar-refractivity contribution >= 4 is 53.1 Å². The Bertz CT molecular complexity index is 1240. The van der Waals surface area contributed by atoms with Crippen LogP contribution in [0.4, 0.5) is 0 Å². The molecule has 0 N–H and O–H groups in total. The summed E-state index contributed by atoms with van der Waals surface area (Å²) in [5.41, 5.74) is 1.48. The lowest BCUT2D eigenvalue weighted by Crippen LogP contribution is -1.84. The van der Waals surface area contributed by atoms with Crippen molar-refractivity contribution < 1.29 is 0 Å². The maximum absolute atomic E-state index is 2.42. The standard InChI is InChI=1S/C25H22S/c1-2-3-4-7-17-10-12-21-24(14-17)26-23-13-11-20-15-18-8-5-6-9-19(18)16-22(20)25(21)23/h5-6,8-16H,2-4,7H2,1H3. The third-order valence-electron chi connectivity index (χ3n) is 5.45. The van der Waals surface area contributed by atoms with Crippen molar-refractivity contribution in [2.24, 2.45) is 0 Å². The molecule has 5 aromatic rings. The summed E-state index contributed by atoms with van der Waals surface area (Å²) in [7, 11) is 0. The Labute approximate surface area is 158 Å². The molecule has 1 heterocycles. The lowest BCUT2D eigenvalue weighted by Gasteiger charge is -2.05. The molecule has 26 heavy (non-hydrogen) atoms. The predicted octanol–water partition coefficient (Wildman–Crippen LogP) is 8.09. The fraction of sp³-hybridized carbons (Fsp3) is 0.200. The molecule has 0 aliphatic rings. The van der Waals surface area contributed by atoms with E-state index in [1.54, 1.807) is 0 Å². The van der Waals surface area contributed by atoms with E-state index < -0.39 is 0 Å². The highest BCUT2D eigenvalue weighted by Crippen LogP contribution is 2.40. The van der Waals surface area contributed by atoms with Crippen LogP contribution in [-0.2, 0) is 6.42 Å². The van der Waals surface area contributed by atoms with E-state index in [9.17, 15) is 0 Å². The van der Waals surface area contributed by atoms with Gasteiger partial charge in [-0.25, -0.2) is 0 Å². The average molecular weight is 355 g/mol. The highest BCUT2D eigenvalue weighted by molar-refractivity contribution is 7.26. The van der Waals surface area contributed by atoms with E-state index in [1.807, 2.05) is 11.3 Å². The van der Waals surface area contributed by atoms with Gasteiger partial charge in [0.2, 0.25) is 0 Å². The van der Waals surface area contributed by atoms with Crippen LogP contribution in [0.3, 0.4) is 0 Å². The Hall–Kier alpha value is -2.38. The Morgan fingerprint density at radius 1 is 0.692 bits per heavy atom. The zero-order chi connectivity index (χ0) is 17.5. The van der Waals surface area contributed by atoms with Gasteiger partial charge in [-0.1, -0.05) is 62.2 Å². The number of thiophene rings is 1. The number of rotatable bonds is 4. The van der Waals surface area contributed by atoms with Gasteiger partial charge in [-0.3, -0.25) is 0 Å². The molecule has 0 saturated heterocycles. The van der Waals surface area contributed by atoms with Gasteiger partial charge in [0.15, 0.2) is 0 Å². The molecule has 0 unspecified atom stereocenters. The van der Waals surface area contributed by atoms with Crippen molar-refractivity contribution in [3.8, 4) is 0 Å². The van der Waals surface area contributed by atoms with Crippen LogP contribution in [-0.4, -0.2) is 0 Å². The van der Waals surface area contributed by atoms with Crippen LogP contribution in [0.15, 0.2) is 66.7 Å². The minimum absolute atomic E-state index is 1.20. The SMILES string of the molecule is CCCCCc1ccc2c(c1)sc1ccc3cc4ccccc4cc3c12. The second-order valence-corrected chi connectivity index (χ2v) is 8.33. The molecule has 0 fully saturated rings. The smallest absolute Gasteiger partial charge is 0.0361 e. The first-order chi connectivity index (χ1) is 12.8. The Kier molecular flexibility index (Phi) is 3.90. The van der Waals surface area contributed by atoms with E-state index in [1.165, 1.54) is 73.0 Å². The molecule has 0 spiro atoms. The molecule has 1 heteroatoms. The molecule has 0 saturated carbocycles. The Balaban J connectivity index is 1.74. The average Bonchev–Trinajstić information content (AvgIpc) is 3.05. The normalized spacial score (nSPS) is 11.9. The molecule has 0 radical (unpaired) electrons. The topological polar surface area (TPSA) is 0 Å². The first-order valence-electron chi connectivity index (χ1n) is 9.60. The molecule has 5 rings (SSSR count). The summed E-state index contributed by atoms with van der Waals surface area (Å²) in [5, 5.41) is 8.19. The quantitative estimate of drug-likeness (QED) is 0.226. The molecule has 128 valence electrons. The van der Waals surface area contributed by atoms with Gasteiger partial charge in [0.25, 0.3) is 0 Å². The van der Waals surface area contributed by atoms with Crippen molar-refractivity contribution in [1.82, 2.24) is 0 Å². The number of aryl methyl sites for hydroxylation is 1. The second kappa shape index (κ2) is 6.41. The molecule has 0 nitrogen and oxygen atoms in total. The molecule has 0 bridgehead atoms. The van der Waals surface area contributed by atoms with Gasteiger partial charge >= 0.3 is 0 Å². The third kappa shape index (κ3) is 2.59. The second-order valence-electron chi connectivity index (χ2n) is 7.25. The molecule has 0 atom stereocenters. The lowest BCUT2D eigenvalue weighted by atomic mass is 9.99. The van der Waals surface area contributed by atoms with Crippen LogP contribution >= 0.6 is 11.3 Å². The minimum atomic E-state index is 1.20. The Morgan fingerprint density at radius 2 is 1.54 bits per heavy atom. The van der Waals surface area contributed by atoms with Gasteiger partial charge in [-0.2, -0.15) is 0 Å². The van der Waals surface area contributed by atoms with Crippen LogP contribution in [0.2, 0.25) is 0 Å². The van der Waals surface area contributed by atoms with Gasteiger partial charge in [-0.15, -0.1) is 11.3 Å². The van der Waals surface area contributed by atoms with E-state index in [0.29, 0.717) is 0 Å². The highest BCUT2D eigenvalue weighted by atomic mass is 32.1. The highest BCUT2D eigenvalue weighted by Gasteiger charge is 2.10. The molecular formula is C25H22S. The zero-order valence-electron chi connectivity index (χ0n) is 15.1. The zero-order valence-corrected chi connectivity index (χ0v) is 15.9. The minimum Gasteiger partial charge on any atom is -0.135 e. The summed E-state index contributed by atoms with van der Waals surface area (Å²) in [5.74, 6) is 0. The van der Waals surface area contributed by atoms with E-state index in [0.717, 1.165) is 0 Å². The molecule has 0 amide bonds. The van der Waals surface area contributed by atoms with Crippen molar-refractivity contribution in [3.05, 3.63) is 72.3 Å². The first kappa shape index (κ1) is 15.8. The predicted molar refractivity (Wildman–Crippen MR) is 118 cm³/mol. The summed E-state index contributed by atoms with van der Waals surface area (Å²) < 4.78 is 2.82. The van der Waals surface area contributed by atoms with E-state index >= 15 is 0 Å². The van der Waals surface area contributed by atoms with Crippen molar-refractivity contribution in [1.29, 1.82) is 0 Å². The molecular weight excluding hydrogens is 332 g/mol. The number of unbranched alkanes of at least 4 members (excludes halogenated alkanes) is 2. The monoisotopic (exact) mass is 354 g/mol. The van der Waals surface area contributed by atoms with Gasteiger partial charge < -0.3 is 0 Å². The van der Waals surface area contributed by atoms with Crippen LogP contribution in [0.1, 0.15) is 31.7 Å². The van der Waals surface area contributed by atoms with Crippen molar-refractivity contribution in [2.75, 3.05) is 0 Å². The summed E-state index contributed by atoms with van der Waals surface area (Å²) >= 11 is 1.94. The summed E-state index contributed by atoms with van der Waals surface area (Å²) in [6.07, 6.45) is 5.10. The maximum atomic E-state index is 2.42. The molecule has 4 aromatic carbocycles. The molecule has 1 aromatic heterocycles. The van der Waals surface area contributed by atoms with Crippen molar-refractivity contribution in [3.63, 3.8) is 0 Å². The Morgan fingerprint density at radius 3 is 2.38 bits per heavy atom. The summed E-state index contributed by atoms with van der Waals surface area (Å²) in [4.78, 5) is 0. The van der Waals surface area contributed by atoms with Gasteiger partial charge in [-0.05, 0) is 64.2 Å². The summed E-state index contributed by atoms with van der Waals surface area (Å²) in [6.45, 7) is 2.27. The lowest BCUT2D eigenvalue weighted by molar-refractivity contribution is 0.718. The van der Waals surface area contributed by atoms with E-state index in [-0.39, 0.29) is 0 Å². The first-order valence-corrected chi connectivity index (χ1v) is 10.4. The molecule has 0 aliphatic heterocycles. The van der Waals surface area contributed by atoms with Crippen LogP contribution in [0.5, 0.6) is 0 Å². The fourth-order valence-electron chi connectivity index (χ4n) is 4.07. The maximum Gasteiger partial charge on any atom is 0.0361 e. The third-order valence-corrected chi connectivity index (χ3v) is 6.57. The number of fused-ring (bicyclic) bond motifs is 6. The largest absolute Gasteiger partial charge is 0.135 e. The fourth-order valence-corrected chi connectivity index (χ4v) is 5.25. The summed E-state index contributed by atoms with van der Waals surface area (Å²) in [6, 6.07) is 25.0. The van der Waals surface area contributed by atoms with E-state index in [4.69, 9.17) is 0 Å².